The van der Waals surface area contributed by atoms with Crippen LogP contribution in [0.3, 0.4) is 0 Å². The van der Waals surface area contributed by atoms with Crippen molar-refractivity contribution in [2.75, 3.05) is 19.0 Å². The van der Waals surface area contributed by atoms with Gasteiger partial charge in [-0.25, -0.2) is 4.79 Å². The number of hydrogen-bond donors (Lipinski definition) is 3. The zero-order valence-corrected chi connectivity index (χ0v) is 12.8. The number of benzene rings is 1. The second kappa shape index (κ2) is 7.31. The van der Waals surface area contributed by atoms with E-state index < -0.39 is 6.10 Å². The third kappa shape index (κ3) is 4.63. The summed E-state index contributed by atoms with van der Waals surface area (Å²) in [5.74, 6) is 0. The summed E-state index contributed by atoms with van der Waals surface area (Å²) in [5.41, 5.74) is 2.19. The smallest absolute Gasteiger partial charge is 0.315 e. The summed E-state index contributed by atoms with van der Waals surface area (Å²) in [6.07, 6.45) is 3.32. The van der Waals surface area contributed by atoms with Crippen LogP contribution < -0.4 is 15.5 Å². The topological polar surface area (TPSA) is 64.6 Å². The number of rotatable bonds is 4. The number of amides is 2. The summed E-state index contributed by atoms with van der Waals surface area (Å²) in [4.78, 5) is 13.9. The van der Waals surface area contributed by atoms with Gasteiger partial charge in [-0.05, 0) is 30.5 Å². The second-order valence-corrected chi connectivity index (χ2v) is 5.85. The first-order valence-corrected chi connectivity index (χ1v) is 7.55. The van der Waals surface area contributed by atoms with Crippen molar-refractivity contribution >= 4 is 11.7 Å². The van der Waals surface area contributed by atoms with Gasteiger partial charge in [0.15, 0.2) is 0 Å². The van der Waals surface area contributed by atoms with Gasteiger partial charge in [0.2, 0.25) is 0 Å². The molecule has 1 aliphatic carbocycles. The van der Waals surface area contributed by atoms with Crippen LogP contribution in [0.5, 0.6) is 0 Å². The van der Waals surface area contributed by atoms with E-state index in [0.29, 0.717) is 6.54 Å². The lowest BCUT2D eigenvalue weighted by Crippen LogP contribution is -2.48. The minimum absolute atomic E-state index is 0.116. The molecule has 21 heavy (non-hydrogen) atoms. The fraction of sp³-hybridized carbons (Fsp3) is 0.562. The molecular formula is C16H25N3O2. The van der Waals surface area contributed by atoms with E-state index in [4.69, 9.17) is 0 Å². The van der Waals surface area contributed by atoms with Gasteiger partial charge >= 0.3 is 6.03 Å². The molecule has 1 aliphatic rings. The normalized spacial score (nSPS) is 21.7. The summed E-state index contributed by atoms with van der Waals surface area (Å²) in [7, 11) is 3.99. The van der Waals surface area contributed by atoms with Crippen molar-refractivity contribution in [2.24, 2.45) is 0 Å². The van der Waals surface area contributed by atoms with Crippen LogP contribution in [-0.2, 0) is 6.54 Å². The molecular weight excluding hydrogens is 266 g/mol. The maximum absolute atomic E-state index is 11.9. The molecule has 2 amide bonds. The maximum Gasteiger partial charge on any atom is 0.315 e. The molecule has 5 nitrogen and oxygen atoms in total. The summed E-state index contributed by atoms with van der Waals surface area (Å²) < 4.78 is 0. The zero-order valence-electron chi connectivity index (χ0n) is 12.8. The molecule has 2 unspecified atom stereocenters. The van der Waals surface area contributed by atoms with Gasteiger partial charge in [0.1, 0.15) is 0 Å². The molecule has 0 aliphatic heterocycles. The third-order valence-corrected chi connectivity index (χ3v) is 3.95. The van der Waals surface area contributed by atoms with Gasteiger partial charge in [-0.15, -0.1) is 0 Å². The molecule has 0 aromatic heterocycles. The number of anilines is 1. The Morgan fingerprint density at radius 1 is 1.24 bits per heavy atom. The molecule has 0 radical (unpaired) electrons. The summed E-state index contributed by atoms with van der Waals surface area (Å²) in [6.45, 7) is 0.488. The first-order valence-electron chi connectivity index (χ1n) is 7.55. The van der Waals surface area contributed by atoms with Crippen LogP contribution in [0.4, 0.5) is 10.5 Å². The van der Waals surface area contributed by atoms with Gasteiger partial charge in [-0.2, -0.15) is 0 Å². The SMILES string of the molecule is CN(C)c1ccc(CNC(=O)NC2CCCCC2O)cc1. The Balaban J connectivity index is 1.78. The van der Waals surface area contributed by atoms with Crippen LogP contribution in [0.25, 0.3) is 0 Å². The minimum Gasteiger partial charge on any atom is -0.391 e. The number of nitrogens with zero attached hydrogens (tertiary/aromatic N) is 1. The predicted molar refractivity (Wildman–Crippen MR) is 84.4 cm³/mol. The molecule has 2 rings (SSSR count). The van der Waals surface area contributed by atoms with Crippen molar-refractivity contribution in [3.8, 4) is 0 Å². The lowest BCUT2D eigenvalue weighted by Gasteiger charge is -2.28. The van der Waals surface area contributed by atoms with E-state index in [0.717, 1.165) is 36.9 Å². The second-order valence-electron chi connectivity index (χ2n) is 5.85. The van der Waals surface area contributed by atoms with Crippen LogP contribution in [0, 0.1) is 0 Å². The Morgan fingerprint density at radius 3 is 2.52 bits per heavy atom. The van der Waals surface area contributed by atoms with Crippen molar-refractivity contribution in [1.82, 2.24) is 10.6 Å². The zero-order chi connectivity index (χ0) is 15.2. The van der Waals surface area contributed by atoms with E-state index in [2.05, 4.69) is 10.6 Å². The molecule has 0 saturated heterocycles. The van der Waals surface area contributed by atoms with Crippen molar-refractivity contribution < 1.29 is 9.90 Å². The molecule has 1 fully saturated rings. The Morgan fingerprint density at radius 2 is 1.90 bits per heavy atom. The standard InChI is InChI=1S/C16H25N3O2/c1-19(2)13-9-7-12(8-10-13)11-17-16(21)18-14-5-3-4-6-15(14)20/h7-10,14-15,20H,3-6,11H2,1-2H3,(H2,17,18,21). The van der Waals surface area contributed by atoms with E-state index in [-0.39, 0.29) is 12.1 Å². The van der Waals surface area contributed by atoms with E-state index >= 15 is 0 Å². The van der Waals surface area contributed by atoms with Crippen molar-refractivity contribution in [3.63, 3.8) is 0 Å². The van der Waals surface area contributed by atoms with E-state index in [9.17, 15) is 9.90 Å². The largest absolute Gasteiger partial charge is 0.391 e. The fourth-order valence-electron chi connectivity index (χ4n) is 2.59. The Hall–Kier alpha value is -1.75. The van der Waals surface area contributed by atoms with E-state index in [1.54, 1.807) is 0 Å². The minimum atomic E-state index is -0.413. The number of hydrogen-bond acceptors (Lipinski definition) is 3. The molecule has 116 valence electrons. The van der Waals surface area contributed by atoms with Gasteiger partial charge in [0, 0.05) is 26.3 Å². The average Bonchev–Trinajstić information content (AvgIpc) is 2.48. The molecule has 1 saturated carbocycles. The Bertz CT molecular complexity index is 459. The van der Waals surface area contributed by atoms with Gasteiger partial charge in [0.05, 0.1) is 12.1 Å². The van der Waals surface area contributed by atoms with Crippen LogP contribution >= 0.6 is 0 Å². The predicted octanol–water partition coefficient (Wildman–Crippen LogP) is 1.86. The number of carbonyl (C=O) groups is 1. The van der Waals surface area contributed by atoms with Gasteiger partial charge in [0.25, 0.3) is 0 Å². The number of nitrogens with one attached hydrogen (secondary N) is 2. The summed E-state index contributed by atoms with van der Waals surface area (Å²) >= 11 is 0. The number of urea groups is 1. The highest BCUT2D eigenvalue weighted by molar-refractivity contribution is 5.74. The lowest BCUT2D eigenvalue weighted by atomic mass is 9.93. The Labute approximate surface area is 126 Å². The third-order valence-electron chi connectivity index (χ3n) is 3.95. The van der Waals surface area contributed by atoms with Crippen LogP contribution in [-0.4, -0.2) is 37.4 Å². The van der Waals surface area contributed by atoms with Gasteiger partial charge in [-0.1, -0.05) is 25.0 Å². The molecule has 0 spiro atoms. The molecule has 1 aromatic carbocycles. The average molecular weight is 291 g/mol. The Kier molecular flexibility index (Phi) is 5.44. The van der Waals surface area contributed by atoms with Gasteiger partial charge < -0.3 is 20.6 Å². The molecule has 0 bridgehead atoms. The van der Waals surface area contributed by atoms with Crippen molar-refractivity contribution in [3.05, 3.63) is 29.8 Å². The van der Waals surface area contributed by atoms with Crippen molar-refractivity contribution in [1.29, 1.82) is 0 Å². The fourth-order valence-corrected chi connectivity index (χ4v) is 2.59. The van der Waals surface area contributed by atoms with Gasteiger partial charge in [-0.3, -0.25) is 0 Å². The van der Waals surface area contributed by atoms with E-state index in [1.165, 1.54) is 0 Å². The lowest BCUT2D eigenvalue weighted by molar-refractivity contribution is 0.0943. The van der Waals surface area contributed by atoms with Crippen LogP contribution in [0.2, 0.25) is 0 Å². The van der Waals surface area contributed by atoms with Crippen LogP contribution in [0.1, 0.15) is 31.2 Å². The number of carbonyl (C=O) groups excluding carboxylic acids is 1. The monoisotopic (exact) mass is 291 g/mol. The first kappa shape index (κ1) is 15.6. The molecule has 3 N–H and O–H groups in total. The quantitative estimate of drug-likeness (QED) is 0.793. The summed E-state index contributed by atoms with van der Waals surface area (Å²) in [5, 5.41) is 15.5. The number of aliphatic hydroxyl groups is 1. The first-order chi connectivity index (χ1) is 10.1. The molecule has 1 aromatic rings. The van der Waals surface area contributed by atoms with E-state index in [1.807, 2.05) is 43.3 Å². The highest BCUT2D eigenvalue weighted by atomic mass is 16.3. The highest BCUT2D eigenvalue weighted by Crippen LogP contribution is 2.18. The molecule has 0 heterocycles. The van der Waals surface area contributed by atoms with Crippen molar-refractivity contribution in [2.45, 2.75) is 44.4 Å². The molecule has 2 atom stereocenters. The summed E-state index contributed by atoms with van der Waals surface area (Å²) in [6, 6.07) is 7.74. The highest BCUT2D eigenvalue weighted by Gasteiger charge is 2.24. The van der Waals surface area contributed by atoms with Crippen LogP contribution in [0.15, 0.2) is 24.3 Å². The molecule has 5 heteroatoms. The number of aliphatic hydroxyl groups excluding tert-OH is 1. The maximum atomic E-state index is 11.9.